The number of hydrogen-bond donors (Lipinski definition) is 1. The summed E-state index contributed by atoms with van der Waals surface area (Å²) in [4.78, 5) is 46.7. The number of carbonyl (C=O) groups is 3. The lowest BCUT2D eigenvalue weighted by molar-refractivity contribution is -0.147. The van der Waals surface area contributed by atoms with Crippen molar-refractivity contribution in [2.75, 3.05) is 19.6 Å². The molecule has 1 aliphatic carbocycles. The molecular weight excluding hydrogens is 561 g/mol. The van der Waals surface area contributed by atoms with E-state index < -0.39 is 17.3 Å². The van der Waals surface area contributed by atoms with Gasteiger partial charge in [-0.3, -0.25) is 14.4 Å². The molecule has 0 unspecified atom stereocenters. The summed E-state index contributed by atoms with van der Waals surface area (Å²) in [6.45, 7) is 11.1. The Morgan fingerprint density at radius 1 is 1.05 bits per heavy atom. The Labute approximate surface area is 249 Å². The van der Waals surface area contributed by atoms with Gasteiger partial charge in [0.1, 0.15) is 11.3 Å². The summed E-state index contributed by atoms with van der Waals surface area (Å²) in [7, 11) is 0. The zero-order valence-corrected chi connectivity index (χ0v) is 25.4. The van der Waals surface area contributed by atoms with Crippen molar-refractivity contribution in [3.63, 3.8) is 0 Å². The molecule has 1 saturated heterocycles. The first-order chi connectivity index (χ1) is 19.7. The minimum atomic E-state index is -0.792. The highest BCUT2D eigenvalue weighted by atomic mass is 35.5. The predicted octanol–water partition coefficient (Wildman–Crippen LogP) is 6.54. The summed E-state index contributed by atoms with van der Waals surface area (Å²) in [5.41, 5.74) is 1.95. The number of nitrogens with zero attached hydrogens (tertiary/aromatic N) is 3. The molecule has 1 saturated carbocycles. The zero-order valence-electron chi connectivity index (χ0n) is 24.7. The Hall–Kier alpha value is -3.46. The summed E-state index contributed by atoms with van der Waals surface area (Å²) in [6.07, 6.45) is 2.17. The molecular formula is C32H37ClFN3O5. The van der Waals surface area contributed by atoms with Gasteiger partial charge in [-0.05, 0) is 63.1 Å². The summed E-state index contributed by atoms with van der Waals surface area (Å²) in [5.74, 6) is -1.98. The molecule has 224 valence electrons. The number of benzene rings is 1. The van der Waals surface area contributed by atoms with Crippen molar-refractivity contribution in [1.29, 1.82) is 0 Å². The maximum atomic E-state index is 14.3. The van der Waals surface area contributed by atoms with E-state index in [1.807, 2.05) is 45.6 Å². The topological polar surface area (TPSA) is 104 Å². The molecule has 2 fully saturated rings. The van der Waals surface area contributed by atoms with E-state index in [-0.39, 0.29) is 39.8 Å². The first-order valence-electron chi connectivity index (χ1n) is 14.4. The van der Waals surface area contributed by atoms with Gasteiger partial charge in [0, 0.05) is 42.7 Å². The molecule has 10 heteroatoms. The Bertz CT molecular complexity index is 1550. The van der Waals surface area contributed by atoms with Crippen LogP contribution in [0.1, 0.15) is 76.4 Å². The second-order valence-corrected chi connectivity index (χ2v) is 13.6. The zero-order chi connectivity index (χ0) is 30.6. The Balaban J connectivity index is 1.38. The molecule has 2 aromatic heterocycles. The van der Waals surface area contributed by atoms with Crippen LogP contribution in [0, 0.1) is 17.7 Å². The lowest BCUT2D eigenvalue weighted by atomic mass is 9.81. The number of carboxylic acid groups (broad SMARTS) is 1. The van der Waals surface area contributed by atoms with Crippen LogP contribution in [0.25, 0.3) is 22.4 Å². The molecule has 42 heavy (non-hydrogen) atoms. The van der Waals surface area contributed by atoms with E-state index in [1.54, 1.807) is 17.0 Å². The van der Waals surface area contributed by atoms with Crippen LogP contribution < -0.4 is 0 Å². The van der Waals surface area contributed by atoms with Gasteiger partial charge in [0.05, 0.1) is 22.2 Å². The molecule has 2 aliphatic rings. The fourth-order valence-electron chi connectivity index (χ4n) is 6.19. The van der Waals surface area contributed by atoms with Gasteiger partial charge in [0.25, 0.3) is 5.91 Å². The predicted molar refractivity (Wildman–Crippen MR) is 158 cm³/mol. The quantitative estimate of drug-likeness (QED) is 0.366. The Morgan fingerprint density at radius 3 is 2.31 bits per heavy atom. The van der Waals surface area contributed by atoms with Gasteiger partial charge in [-0.2, -0.15) is 0 Å². The van der Waals surface area contributed by atoms with Gasteiger partial charge < -0.3 is 19.3 Å². The standard InChI is InChI=1S/C32H37ClFN3O5/c1-31(2,3)21-15-24(20-10-11-22(33)23(34)14-20)35-25-16-26(42-27(21)25)29(39)37-13-12-36(17-32(37,4)5)28(38)18-6-8-19(9-7-18)30(40)41/h10-11,14-16,18-19H,6-9,12-13,17H2,1-5H3,(H,40,41). The van der Waals surface area contributed by atoms with Crippen LogP contribution in [0.5, 0.6) is 0 Å². The number of pyridine rings is 1. The van der Waals surface area contributed by atoms with E-state index in [0.717, 1.165) is 5.56 Å². The Kier molecular flexibility index (Phi) is 7.85. The van der Waals surface area contributed by atoms with Crippen molar-refractivity contribution in [3.8, 4) is 11.3 Å². The number of carbonyl (C=O) groups excluding carboxylic acids is 2. The van der Waals surface area contributed by atoms with E-state index in [2.05, 4.69) is 0 Å². The average Bonchev–Trinajstić information content (AvgIpc) is 3.36. The summed E-state index contributed by atoms with van der Waals surface area (Å²) < 4.78 is 20.4. The van der Waals surface area contributed by atoms with Crippen LogP contribution in [0.4, 0.5) is 4.39 Å². The first-order valence-corrected chi connectivity index (χ1v) is 14.8. The number of aromatic nitrogens is 1. The minimum Gasteiger partial charge on any atom is -0.481 e. The maximum absolute atomic E-state index is 14.3. The normalized spacial score (nSPS) is 21.0. The fourth-order valence-corrected chi connectivity index (χ4v) is 6.30. The van der Waals surface area contributed by atoms with Crippen molar-refractivity contribution >= 4 is 40.5 Å². The van der Waals surface area contributed by atoms with E-state index in [1.165, 1.54) is 12.1 Å². The Morgan fingerprint density at radius 2 is 1.71 bits per heavy atom. The van der Waals surface area contributed by atoms with Gasteiger partial charge in [-0.25, -0.2) is 9.37 Å². The van der Waals surface area contributed by atoms with Crippen LogP contribution >= 0.6 is 11.6 Å². The van der Waals surface area contributed by atoms with Crippen molar-refractivity contribution in [2.24, 2.45) is 11.8 Å². The summed E-state index contributed by atoms with van der Waals surface area (Å²) >= 11 is 5.89. The number of hydrogen-bond acceptors (Lipinski definition) is 5. The van der Waals surface area contributed by atoms with Crippen LogP contribution in [0.3, 0.4) is 0 Å². The van der Waals surface area contributed by atoms with Crippen LogP contribution in [-0.2, 0) is 15.0 Å². The molecule has 0 bridgehead atoms. The lowest BCUT2D eigenvalue weighted by Gasteiger charge is -2.47. The molecule has 3 aromatic rings. The maximum Gasteiger partial charge on any atom is 0.306 e. The number of halogens is 2. The third-order valence-electron chi connectivity index (χ3n) is 8.60. The highest BCUT2D eigenvalue weighted by molar-refractivity contribution is 6.30. The number of aliphatic carboxylic acids is 1. The number of rotatable bonds is 4. The van der Waals surface area contributed by atoms with Gasteiger partial charge in [0.2, 0.25) is 5.91 Å². The second kappa shape index (κ2) is 11.0. The molecule has 1 aliphatic heterocycles. The summed E-state index contributed by atoms with van der Waals surface area (Å²) in [5, 5.41) is 9.31. The monoisotopic (exact) mass is 597 g/mol. The number of piperazine rings is 1. The van der Waals surface area contributed by atoms with Crippen molar-refractivity contribution in [2.45, 2.75) is 71.3 Å². The van der Waals surface area contributed by atoms with Crippen LogP contribution in [0.2, 0.25) is 5.02 Å². The highest BCUT2D eigenvalue weighted by Crippen LogP contribution is 2.37. The van der Waals surface area contributed by atoms with Gasteiger partial charge in [-0.15, -0.1) is 0 Å². The molecule has 1 aromatic carbocycles. The van der Waals surface area contributed by atoms with Gasteiger partial charge in [0.15, 0.2) is 11.3 Å². The van der Waals surface area contributed by atoms with Gasteiger partial charge >= 0.3 is 5.97 Å². The first kappa shape index (κ1) is 30.0. The minimum absolute atomic E-state index is 0.0297. The van der Waals surface area contributed by atoms with E-state index in [9.17, 15) is 23.9 Å². The molecule has 0 spiro atoms. The van der Waals surface area contributed by atoms with E-state index in [0.29, 0.717) is 67.7 Å². The van der Waals surface area contributed by atoms with Crippen LogP contribution in [-0.4, -0.2) is 62.8 Å². The SMILES string of the molecule is CC(C)(C)c1cc(-c2ccc(Cl)c(F)c2)nc2cc(C(=O)N3CCN(C(=O)C4CCC(C(=O)O)CC4)CC3(C)C)oc12. The molecule has 0 radical (unpaired) electrons. The number of carboxylic acids is 1. The molecule has 3 heterocycles. The lowest BCUT2D eigenvalue weighted by Crippen LogP contribution is -2.62. The number of fused-ring (bicyclic) bond motifs is 1. The van der Waals surface area contributed by atoms with Crippen LogP contribution in [0.15, 0.2) is 34.7 Å². The second-order valence-electron chi connectivity index (χ2n) is 13.2. The molecule has 0 atom stereocenters. The third-order valence-corrected chi connectivity index (χ3v) is 8.90. The van der Waals surface area contributed by atoms with Crippen molar-refractivity contribution in [3.05, 3.63) is 52.5 Å². The average molecular weight is 598 g/mol. The number of amides is 2. The smallest absolute Gasteiger partial charge is 0.306 e. The fraction of sp³-hybridized carbons (Fsp3) is 0.500. The van der Waals surface area contributed by atoms with E-state index in [4.69, 9.17) is 21.0 Å². The largest absolute Gasteiger partial charge is 0.481 e. The number of furan rings is 1. The van der Waals surface area contributed by atoms with Crippen molar-refractivity contribution in [1.82, 2.24) is 14.8 Å². The summed E-state index contributed by atoms with van der Waals surface area (Å²) in [6, 6.07) is 8.04. The third kappa shape index (κ3) is 5.76. The van der Waals surface area contributed by atoms with Crippen molar-refractivity contribution < 1.29 is 28.3 Å². The van der Waals surface area contributed by atoms with Gasteiger partial charge in [-0.1, -0.05) is 38.4 Å². The van der Waals surface area contributed by atoms with E-state index >= 15 is 0 Å². The molecule has 1 N–H and O–H groups in total. The highest BCUT2D eigenvalue weighted by Gasteiger charge is 2.42. The molecule has 8 nitrogen and oxygen atoms in total. The molecule has 5 rings (SSSR count). The molecule has 2 amide bonds.